The van der Waals surface area contributed by atoms with Gasteiger partial charge in [-0.3, -0.25) is 0 Å². The SMILES string of the molecule is CNC(c1ccc(S(C)(=O)=O)cc1)c1cc(F)ccc1Cl. The molecule has 112 valence electrons. The molecule has 3 nitrogen and oxygen atoms in total. The van der Waals surface area contributed by atoms with Crippen LogP contribution in [0.4, 0.5) is 4.39 Å². The van der Waals surface area contributed by atoms with E-state index in [1.165, 1.54) is 30.3 Å². The van der Waals surface area contributed by atoms with Gasteiger partial charge in [-0.1, -0.05) is 23.7 Å². The van der Waals surface area contributed by atoms with E-state index < -0.39 is 9.84 Å². The Bertz CT molecular complexity index is 745. The van der Waals surface area contributed by atoms with E-state index in [0.29, 0.717) is 10.6 Å². The van der Waals surface area contributed by atoms with E-state index in [0.717, 1.165) is 11.8 Å². The molecule has 1 unspecified atom stereocenters. The van der Waals surface area contributed by atoms with Crippen LogP contribution in [0.2, 0.25) is 5.02 Å². The maximum absolute atomic E-state index is 13.4. The molecule has 0 saturated carbocycles. The molecule has 2 rings (SSSR count). The number of halogens is 2. The zero-order valence-electron chi connectivity index (χ0n) is 11.6. The molecule has 0 saturated heterocycles. The maximum Gasteiger partial charge on any atom is 0.175 e. The monoisotopic (exact) mass is 327 g/mol. The Kier molecular flexibility index (Phi) is 4.66. The summed E-state index contributed by atoms with van der Waals surface area (Å²) in [6.45, 7) is 0. The third-order valence-electron chi connectivity index (χ3n) is 3.20. The number of rotatable bonds is 4. The molecule has 0 aliphatic rings. The zero-order valence-corrected chi connectivity index (χ0v) is 13.2. The fourth-order valence-electron chi connectivity index (χ4n) is 2.15. The predicted octanol–water partition coefficient (Wildman–Crippen LogP) is 3.19. The Morgan fingerprint density at radius 3 is 2.29 bits per heavy atom. The van der Waals surface area contributed by atoms with Crippen molar-refractivity contribution in [1.29, 1.82) is 0 Å². The van der Waals surface area contributed by atoms with Crippen molar-refractivity contribution in [2.75, 3.05) is 13.3 Å². The van der Waals surface area contributed by atoms with E-state index in [-0.39, 0.29) is 16.8 Å². The van der Waals surface area contributed by atoms with Gasteiger partial charge in [0.1, 0.15) is 5.82 Å². The molecule has 0 fully saturated rings. The highest BCUT2D eigenvalue weighted by Gasteiger charge is 2.17. The van der Waals surface area contributed by atoms with Crippen LogP contribution in [0.5, 0.6) is 0 Å². The van der Waals surface area contributed by atoms with E-state index in [9.17, 15) is 12.8 Å². The topological polar surface area (TPSA) is 46.2 Å². The van der Waals surface area contributed by atoms with E-state index >= 15 is 0 Å². The van der Waals surface area contributed by atoms with Gasteiger partial charge in [0.05, 0.1) is 10.9 Å². The molecule has 2 aromatic carbocycles. The van der Waals surface area contributed by atoms with Crippen LogP contribution in [0, 0.1) is 5.82 Å². The average Bonchev–Trinajstić information content (AvgIpc) is 2.43. The largest absolute Gasteiger partial charge is 0.309 e. The summed E-state index contributed by atoms with van der Waals surface area (Å²) in [6.07, 6.45) is 1.15. The number of hydrogen-bond donors (Lipinski definition) is 1. The summed E-state index contributed by atoms with van der Waals surface area (Å²) in [5.74, 6) is -0.373. The van der Waals surface area contributed by atoms with Gasteiger partial charge in [-0.2, -0.15) is 0 Å². The van der Waals surface area contributed by atoms with Crippen LogP contribution in [0.15, 0.2) is 47.4 Å². The van der Waals surface area contributed by atoms with Gasteiger partial charge in [-0.25, -0.2) is 12.8 Å². The maximum atomic E-state index is 13.4. The zero-order chi connectivity index (χ0) is 15.6. The van der Waals surface area contributed by atoms with Gasteiger partial charge < -0.3 is 5.32 Å². The van der Waals surface area contributed by atoms with Gasteiger partial charge in [0.15, 0.2) is 9.84 Å². The van der Waals surface area contributed by atoms with Crippen LogP contribution in [0.3, 0.4) is 0 Å². The molecule has 0 bridgehead atoms. The first-order valence-electron chi connectivity index (χ1n) is 6.25. The number of hydrogen-bond acceptors (Lipinski definition) is 3. The lowest BCUT2D eigenvalue weighted by Gasteiger charge is -2.19. The number of nitrogens with one attached hydrogen (secondary N) is 1. The highest BCUT2D eigenvalue weighted by Crippen LogP contribution is 2.29. The first-order valence-corrected chi connectivity index (χ1v) is 8.52. The lowest BCUT2D eigenvalue weighted by atomic mass is 9.99. The summed E-state index contributed by atoms with van der Waals surface area (Å²) >= 11 is 6.12. The molecule has 0 spiro atoms. The Morgan fingerprint density at radius 2 is 1.76 bits per heavy atom. The van der Waals surface area contributed by atoms with Crippen LogP contribution in [-0.2, 0) is 9.84 Å². The third kappa shape index (κ3) is 3.61. The van der Waals surface area contributed by atoms with Crippen LogP contribution >= 0.6 is 11.6 Å². The van der Waals surface area contributed by atoms with Gasteiger partial charge in [-0.05, 0) is 48.5 Å². The molecule has 6 heteroatoms. The first-order chi connectivity index (χ1) is 9.82. The summed E-state index contributed by atoms with van der Waals surface area (Å²) in [5, 5.41) is 3.51. The van der Waals surface area contributed by atoms with Crippen LogP contribution in [0.1, 0.15) is 17.2 Å². The third-order valence-corrected chi connectivity index (χ3v) is 4.67. The highest BCUT2D eigenvalue weighted by atomic mass is 35.5. The van der Waals surface area contributed by atoms with Crippen molar-refractivity contribution in [2.45, 2.75) is 10.9 Å². The average molecular weight is 328 g/mol. The summed E-state index contributed by atoms with van der Waals surface area (Å²) < 4.78 is 36.3. The first kappa shape index (κ1) is 15.9. The quantitative estimate of drug-likeness (QED) is 0.938. The second-order valence-electron chi connectivity index (χ2n) is 4.73. The minimum absolute atomic E-state index is 0.242. The Labute approximate surface area is 128 Å². The minimum atomic E-state index is -3.24. The van der Waals surface area contributed by atoms with E-state index in [4.69, 9.17) is 11.6 Å². The molecule has 2 aromatic rings. The van der Waals surface area contributed by atoms with Crippen molar-refractivity contribution in [3.8, 4) is 0 Å². The van der Waals surface area contributed by atoms with Crippen molar-refractivity contribution in [1.82, 2.24) is 5.32 Å². The second kappa shape index (κ2) is 6.13. The van der Waals surface area contributed by atoms with E-state index in [1.807, 2.05) is 0 Å². The van der Waals surface area contributed by atoms with Gasteiger partial charge in [0, 0.05) is 11.3 Å². The Morgan fingerprint density at radius 1 is 1.14 bits per heavy atom. The lowest BCUT2D eigenvalue weighted by molar-refractivity contribution is 0.601. The Hall–Kier alpha value is -1.43. The van der Waals surface area contributed by atoms with Crippen molar-refractivity contribution < 1.29 is 12.8 Å². The van der Waals surface area contributed by atoms with Crippen molar-refractivity contribution in [3.63, 3.8) is 0 Å². The molecule has 1 N–H and O–H groups in total. The normalized spacial score (nSPS) is 13.1. The molecule has 0 heterocycles. The van der Waals surface area contributed by atoms with Crippen molar-refractivity contribution in [3.05, 3.63) is 64.4 Å². The molecule has 0 aliphatic carbocycles. The van der Waals surface area contributed by atoms with Crippen LogP contribution in [0.25, 0.3) is 0 Å². The smallest absolute Gasteiger partial charge is 0.175 e. The molecular formula is C15H15ClFNO2S. The number of benzene rings is 2. The summed E-state index contributed by atoms with van der Waals surface area (Å²) in [6, 6.07) is 10.3. The van der Waals surface area contributed by atoms with E-state index in [2.05, 4.69) is 5.32 Å². The van der Waals surface area contributed by atoms with Crippen molar-refractivity contribution in [2.24, 2.45) is 0 Å². The second-order valence-corrected chi connectivity index (χ2v) is 7.15. The van der Waals surface area contributed by atoms with Gasteiger partial charge >= 0.3 is 0 Å². The molecular weight excluding hydrogens is 313 g/mol. The Balaban J connectivity index is 2.44. The van der Waals surface area contributed by atoms with Crippen LogP contribution < -0.4 is 5.32 Å². The fraction of sp³-hybridized carbons (Fsp3) is 0.200. The molecule has 1 atom stereocenters. The van der Waals surface area contributed by atoms with Crippen LogP contribution in [-0.4, -0.2) is 21.7 Å². The predicted molar refractivity (Wildman–Crippen MR) is 81.9 cm³/mol. The standard InChI is InChI=1S/C15H15ClFNO2S/c1-18-15(13-9-11(17)5-8-14(13)16)10-3-6-12(7-4-10)21(2,19)20/h3-9,15,18H,1-2H3. The van der Waals surface area contributed by atoms with Crippen molar-refractivity contribution >= 4 is 21.4 Å². The van der Waals surface area contributed by atoms with E-state index in [1.54, 1.807) is 19.2 Å². The summed E-state index contributed by atoms with van der Waals surface area (Å²) in [5.41, 5.74) is 1.41. The highest BCUT2D eigenvalue weighted by molar-refractivity contribution is 7.90. The summed E-state index contributed by atoms with van der Waals surface area (Å²) in [7, 11) is -1.51. The van der Waals surface area contributed by atoms with Gasteiger partial charge in [0.2, 0.25) is 0 Å². The molecule has 0 radical (unpaired) electrons. The summed E-state index contributed by atoms with van der Waals surface area (Å²) in [4.78, 5) is 0.242. The van der Waals surface area contributed by atoms with Gasteiger partial charge in [0.25, 0.3) is 0 Å². The molecule has 21 heavy (non-hydrogen) atoms. The lowest BCUT2D eigenvalue weighted by Crippen LogP contribution is -2.18. The molecule has 0 aromatic heterocycles. The molecule has 0 amide bonds. The fourth-order valence-corrected chi connectivity index (χ4v) is 3.00. The number of sulfone groups is 1. The van der Waals surface area contributed by atoms with Gasteiger partial charge in [-0.15, -0.1) is 0 Å². The molecule has 0 aliphatic heterocycles. The minimum Gasteiger partial charge on any atom is -0.309 e.